The monoisotopic (exact) mass is 332 g/mol. The van der Waals surface area contributed by atoms with Crippen LogP contribution in [0.4, 0.5) is 0 Å². The minimum absolute atomic E-state index is 0.328. The average molecular weight is 333 g/mol. The van der Waals surface area contributed by atoms with E-state index in [1.807, 2.05) is 35.9 Å². The van der Waals surface area contributed by atoms with Crippen molar-refractivity contribution in [3.63, 3.8) is 0 Å². The predicted octanol–water partition coefficient (Wildman–Crippen LogP) is 3.64. The first-order valence-electron chi connectivity index (χ1n) is 6.57. The molecule has 0 aliphatic carbocycles. The van der Waals surface area contributed by atoms with Gasteiger partial charge in [0.1, 0.15) is 5.75 Å². The summed E-state index contributed by atoms with van der Waals surface area (Å²) in [6.45, 7) is 0. The number of rotatable bonds is 2. The number of amides is 1. The van der Waals surface area contributed by atoms with Gasteiger partial charge in [-0.05, 0) is 30.3 Å². The van der Waals surface area contributed by atoms with Gasteiger partial charge in [-0.2, -0.15) is 4.99 Å². The van der Waals surface area contributed by atoms with E-state index in [1.54, 1.807) is 18.2 Å². The molecule has 0 radical (unpaired) electrons. The van der Waals surface area contributed by atoms with Gasteiger partial charge in [-0.1, -0.05) is 35.1 Å². The third-order valence-electron chi connectivity index (χ3n) is 3.31. The zero-order valence-corrected chi connectivity index (χ0v) is 13.6. The number of thiazole rings is 1. The molecule has 112 valence electrons. The summed E-state index contributed by atoms with van der Waals surface area (Å²) in [6.07, 6.45) is 0. The quantitative estimate of drug-likeness (QED) is 0.719. The Morgan fingerprint density at radius 1 is 1.27 bits per heavy atom. The number of nitrogens with zero attached hydrogens (tertiary/aromatic N) is 2. The van der Waals surface area contributed by atoms with Gasteiger partial charge in [0.15, 0.2) is 4.80 Å². The molecule has 0 spiro atoms. The summed E-state index contributed by atoms with van der Waals surface area (Å²) >= 11 is 7.43. The van der Waals surface area contributed by atoms with E-state index in [-0.39, 0.29) is 5.91 Å². The molecular formula is C16H13ClN2O2S. The summed E-state index contributed by atoms with van der Waals surface area (Å²) in [5, 5.41) is 0.664. The SMILES string of the molecule is COc1ccccc1C(=O)N=c1sc2cc(Cl)ccc2n1C. The molecule has 6 heteroatoms. The molecule has 4 nitrogen and oxygen atoms in total. The summed E-state index contributed by atoms with van der Waals surface area (Å²) in [5.74, 6) is 0.189. The van der Waals surface area contributed by atoms with Crippen molar-refractivity contribution in [3.05, 3.63) is 57.9 Å². The van der Waals surface area contributed by atoms with Gasteiger partial charge < -0.3 is 9.30 Å². The Kier molecular flexibility index (Phi) is 4.00. The third-order valence-corrected chi connectivity index (χ3v) is 4.64. The predicted molar refractivity (Wildman–Crippen MR) is 88.7 cm³/mol. The molecule has 0 aliphatic heterocycles. The maximum Gasteiger partial charge on any atom is 0.283 e. The van der Waals surface area contributed by atoms with E-state index in [0.29, 0.717) is 21.1 Å². The fourth-order valence-electron chi connectivity index (χ4n) is 2.18. The number of carbonyl (C=O) groups is 1. The zero-order chi connectivity index (χ0) is 15.7. The summed E-state index contributed by atoms with van der Waals surface area (Å²) in [6, 6.07) is 12.7. The summed E-state index contributed by atoms with van der Waals surface area (Å²) in [7, 11) is 3.41. The van der Waals surface area contributed by atoms with Crippen LogP contribution in [0.15, 0.2) is 47.5 Å². The molecule has 1 heterocycles. The Morgan fingerprint density at radius 3 is 2.82 bits per heavy atom. The van der Waals surface area contributed by atoms with E-state index in [9.17, 15) is 4.79 Å². The second kappa shape index (κ2) is 5.94. The lowest BCUT2D eigenvalue weighted by molar-refractivity contribution is 0.0995. The molecule has 0 atom stereocenters. The number of aromatic nitrogens is 1. The molecule has 1 aromatic heterocycles. The Hall–Kier alpha value is -2.11. The molecule has 0 saturated carbocycles. The number of halogens is 1. The van der Waals surface area contributed by atoms with Crippen LogP contribution in [-0.2, 0) is 7.05 Å². The van der Waals surface area contributed by atoms with Gasteiger partial charge in [-0.25, -0.2) is 0 Å². The van der Waals surface area contributed by atoms with Crippen LogP contribution in [0, 0.1) is 0 Å². The summed E-state index contributed by atoms with van der Waals surface area (Å²) in [5.41, 5.74) is 1.43. The number of benzene rings is 2. The van der Waals surface area contributed by atoms with Gasteiger partial charge in [0.25, 0.3) is 5.91 Å². The van der Waals surface area contributed by atoms with E-state index in [0.717, 1.165) is 10.2 Å². The highest BCUT2D eigenvalue weighted by Crippen LogP contribution is 2.22. The van der Waals surface area contributed by atoms with Crippen LogP contribution in [0.25, 0.3) is 10.2 Å². The van der Waals surface area contributed by atoms with Gasteiger partial charge in [-0.3, -0.25) is 4.79 Å². The van der Waals surface area contributed by atoms with E-state index < -0.39 is 0 Å². The lowest BCUT2D eigenvalue weighted by Crippen LogP contribution is -2.13. The van der Waals surface area contributed by atoms with Crippen LogP contribution in [0.5, 0.6) is 5.75 Å². The van der Waals surface area contributed by atoms with Crippen molar-refractivity contribution in [2.75, 3.05) is 7.11 Å². The van der Waals surface area contributed by atoms with Crippen LogP contribution < -0.4 is 9.54 Å². The highest BCUT2D eigenvalue weighted by atomic mass is 35.5. The first-order valence-corrected chi connectivity index (χ1v) is 7.77. The molecule has 3 aromatic rings. The highest BCUT2D eigenvalue weighted by Gasteiger charge is 2.11. The molecule has 0 aliphatic rings. The van der Waals surface area contributed by atoms with E-state index >= 15 is 0 Å². The number of fused-ring (bicyclic) bond motifs is 1. The van der Waals surface area contributed by atoms with E-state index in [1.165, 1.54) is 18.4 Å². The van der Waals surface area contributed by atoms with Gasteiger partial charge in [0.05, 0.1) is 22.9 Å². The number of aryl methyl sites for hydroxylation is 1. The minimum atomic E-state index is -0.328. The first-order chi connectivity index (χ1) is 10.6. The number of hydrogen-bond donors (Lipinski definition) is 0. The molecule has 0 N–H and O–H groups in total. The van der Waals surface area contributed by atoms with Crippen molar-refractivity contribution in [3.8, 4) is 5.75 Å². The van der Waals surface area contributed by atoms with Crippen molar-refractivity contribution < 1.29 is 9.53 Å². The van der Waals surface area contributed by atoms with Crippen LogP contribution >= 0.6 is 22.9 Å². The number of ether oxygens (including phenoxy) is 1. The van der Waals surface area contributed by atoms with Gasteiger partial charge in [0.2, 0.25) is 0 Å². The molecule has 3 rings (SSSR count). The van der Waals surface area contributed by atoms with Crippen LogP contribution in [-0.4, -0.2) is 17.6 Å². The molecule has 1 amide bonds. The Bertz CT molecular complexity index is 927. The second-order valence-corrected chi connectivity index (χ2v) is 6.12. The molecule has 22 heavy (non-hydrogen) atoms. The van der Waals surface area contributed by atoms with E-state index in [4.69, 9.17) is 16.3 Å². The summed E-state index contributed by atoms with van der Waals surface area (Å²) < 4.78 is 8.07. The third kappa shape index (κ3) is 2.65. The fourth-order valence-corrected chi connectivity index (χ4v) is 3.48. The minimum Gasteiger partial charge on any atom is -0.496 e. The van der Waals surface area contributed by atoms with Crippen molar-refractivity contribution in [2.24, 2.45) is 12.0 Å². The molecule has 2 aromatic carbocycles. The highest BCUT2D eigenvalue weighted by molar-refractivity contribution is 7.16. The molecule has 0 bridgehead atoms. The maximum absolute atomic E-state index is 12.4. The molecule has 0 unspecified atom stereocenters. The van der Waals surface area contributed by atoms with Gasteiger partial charge in [-0.15, -0.1) is 0 Å². The number of para-hydroxylation sites is 1. The second-order valence-electron chi connectivity index (χ2n) is 4.67. The smallest absolute Gasteiger partial charge is 0.283 e. The van der Waals surface area contributed by atoms with Crippen molar-refractivity contribution in [2.45, 2.75) is 0 Å². The van der Waals surface area contributed by atoms with Crippen LogP contribution in [0.1, 0.15) is 10.4 Å². The largest absolute Gasteiger partial charge is 0.496 e. The number of hydrogen-bond acceptors (Lipinski definition) is 3. The zero-order valence-electron chi connectivity index (χ0n) is 12.0. The standard InChI is InChI=1S/C16H13ClN2O2S/c1-19-12-8-7-10(17)9-14(12)22-16(19)18-15(20)11-5-3-4-6-13(11)21-2/h3-9H,1-2H3. The molecular weight excluding hydrogens is 320 g/mol. The Balaban J connectivity index is 2.12. The molecule has 0 saturated heterocycles. The first kappa shape index (κ1) is 14.8. The van der Waals surface area contributed by atoms with Crippen molar-refractivity contribution in [1.29, 1.82) is 0 Å². The lowest BCUT2D eigenvalue weighted by Gasteiger charge is -2.03. The lowest BCUT2D eigenvalue weighted by atomic mass is 10.2. The van der Waals surface area contributed by atoms with Gasteiger partial charge in [0, 0.05) is 12.1 Å². The van der Waals surface area contributed by atoms with Gasteiger partial charge >= 0.3 is 0 Å². The van der Waals surface area contributed by atoms with E-state index in [2.05, 4.69) is 4.99 Å². The fraction of sp³-hybridized carbons (Fsp3) is 0.125. The molecule has 0 fully saturated rings. The van der Waals surface area contributed by atoms with Crippen LogP contribution in [0.2, 0.25) is 5.02 Å². The normalized spacial score (nSPS) is 11.9. The Labute approximate surface area is 136 Å². The summed E-state index contributed by atoms with van der Waals surface area (Å²) in [4.78, 5) is 17.3. The van der Waals surface area contributed by atoms with Crippen molar-refractivity contribution in [1.82, 2.24) is 4.57 Å². The average Bonchev–Trinajstić information content (AvgIpc) is 2.82. The Morgan fingerprint density at radius 2 is 2.05 bits per heavy atom. The van der Waals surface area contributed by atoms with Crippen LogP contribution in [0.3, 0.4) is 0 Å². The maximum atomic E-state index is 12.4. The number of methoxy groups -OCH3 is 1. The topological polar surface area (TPSA) is 43.6 Å². The number of carbonyl (C=O) groups excluding carboxylic acids is 1. The van der Waals surface area contributed by atoms with Crippen molar-refractivity contribution >= 4 is 39.1 Å².